The Balaban J connectivity index is 1.79. The van der Waals surface area contributed by atoms with Gasteiger partial charge in [0.25, 0.3) is 0 Å². The van der Waals surface area contributed by atoms with Gasteiger partial charge in [0.15, 0.2) is 0 Å². The number of anilines is 1. The van der Waals surface area contributed by atoms with E-state index < -0.39 is 0 Å². The zero-order valence-electron chi connectivity index (χ0n) is 7.92. The molecule has 0 unspecified atom stereocenters. The summed E-state index contributed by atoms with van der Waals surface area (Å²) in [4.78, 5) is 0. The van der Waals surface area contributed by atoms with Gasteiger partial charge in [-0.25, -0.2) is 0 Å². The summed E-state index contributed by atoms with van der Waals surface area (Å²) >= 11 is 1.58. The van der Waals surface area contributed by atoms with Crippen molar-refractivity contribution in [2.75, 3.05) is 11.9 Å². The maximum atomic E-state index is 3.96. The normalized spacial score (nSPS) is 18.5. The molecule has 1 saturated carbocycles. The summed E-state index contributed by atoms with van der Waals surface area (Å²) in [7, 11) is 0. The number of hydrogen-bond acceptors (Lipinski definition) is 4. The van der Waals surface area contributed by atoms with Crippen LogP contribution in [0.15, 0.2) is 5.51 Å². The predicted octanol–water partition coefficient (Wildman–Crippen LogP) is 2.53. The van der Waals surface area contributed by atoms with Crippen molar-refractivity contribution < 1.29 is 0 Å². The molecule has 1 aromatic rings. The van der Waals surface area contributed by atoms with Crippen molar-refractivity contribution in [2.24, 2.45) is 5.41 Å². The molecular formula is C9H15N3S. The van der Waals surface area contributed by atoms with Gasteiger partial charge in [-0.2, -0.15) is 0 Å². The maximum absolute atomic E-state index is 3.96. The average molecular weight is 197 g/mol. The molecule has 1 aromatic heterocycles. The van der Waals surface area contributed by atoms with Crippen LogP contribution < -0.4 is 5.32 Å². The van der Waals surface area contributed by atoms with Gasteiger partial charge >= 0.3 is 0 Å². The van der Waals surface area contributed by atoms with Crippen molar-refractivity contribution in [3.63, 3.8) is 0 Å². The molecule has 1 N–H and O–H groups in total. The largest absolute Gasteiger partial charge is 0.360 e. The van der Waals surface area contributed by atoms with Crippen LogP contribution in [0.4, 0.5) is 5.13 Å². The third-order valence-corrected chi connectivity index (χ3v) is 3.36. The van der Waals surface area contributed by atoms with Crippen LogP contribution in [0.1, 0.15) is 32.6 Å². The van der Waals surface area contributed by atoms with Crippen molar-refractivity contribution in [1.82, 2.24) is 10.2 Å². The minimum Gasteiger partial charge on any atom is -0.360 e. The molecule has 1 heterocycles. The lowest BCUT2D eigenvalue weighted by atomic mass is 10.0. The van der Waals surface area contributed by atoms with Crippen LogP contribution >= 0.6 is 11.3 Å². The van der Waals surface area contributed by atoms with Crippen LogP contribution in [0.3, 0.4) is 0 Å². The van der Waals surface area contributed by atoms with Gasteiger partial charge in [-0.3, -0.25) is 0 Å². The summed E-state index contributed by atoms with van der Waals surface area (Å²) in [5.74, 6) is 0. The van der Waals surface area contributed by atoms with Crippen LogP contribution in [-0.4, -0.2) is 16.7 Å². The number of rotatable bonds is 5. The summed E-state index contributed by atoms with van der Waals surface area (Å²) in [5.41, 5.74) is 2.36. The lowest BCUT2D eigenvalue weighted by molar-refractivity contribution is 0.485. The number of hydrogen-bond donors (Lipinski definition) is 1. The van der Waals surface area contributed by atoms with E-state index in [1.165, 1.54) is 25.7 Å². The molecule has 0 aliphatic heterocycles. The van der Waals surface area contributed by atoms with E-state index in [1.54, 1.807) is 16.8 Å². The van der Waals surface area contributed by atoms with Gasteiger partial charge in [0.1, 0.15) is 5.51 Å². The highest BCUT2D eigenvalue weighted by Crippen LogP contribution is 2.49. The fourth-order valence-corrected chi connectivity index (χ4v) is 2.18. The third kappa shape index (κ3) is 2.18. The molecule has 72 valence electrons. The Bertz CT molecular complexity index is 254. The van der Waals surface area contributed by atoms with Gasteiger partial charge < -0.3 is 5.32 Å². The summed E-state index contributed by atoms with van der Waals surface area (Å²) in [6.45, 7) is 3.33. The second-order valence-corrected chi connectivity index (χ2v) is 4.68. The second kappa shape index (κ2) is 3.62. The molecule has 0 radical (unpaired) electrons. The third-order valence-electron chi connectivity index (χ3n) is 2.71. The monoisotopic (exact) mass is 197 g/mol. The molecule has 0 aromatic carbocycles. The Kier molecular flexibility index (Phi) is 2.49. The van der Waals surface area contributed by atoms with Gasteiger partial charge in [0.05, 0.1) is 0 Å². The van der Waals surface area contributed by atoms with Crippen molar-refractivity contribution in [3.8, 4) is 0 Å². The summed E-state index contributed by atoms with van der Waals surface area (Å²) in [6, 6.07) is 0. The molecule has 4 heteroatoms. The first-order valence-corrected chi connectivity index (χ1v) is 5.73. The van der Waals surface area contributed by atoms with Gasteiger partial charge in [-0.05, 0) is 24.7 Å². The fourth-order valence-electron chi connectivity index (χ4n) is 1.74. The molecule has 3 nitrogen and oxygen atoms in total. The smallest absolute Gasteiger partial charge is 0.205 e. The molecule has 0 amide bonds. The average Bonchev–Trinajstić information content (AvgIpc) is 2.71. The first-order valence-electron chi connectivity index (χ1n) is 4.85. The van der Waals surface area contributed by atoms with E-state index in [-0.39, 0.29) is 0 Å². The Morgan fingerprint density at radius 2 is 2.46 bits per heavy atom. The number of nitrogens with one attached hydrogen (secondary N) is 1. The van der Waals surface area contributed by atoms with Crippen LogP contribution in [0.25, 0.3) is 0 Å². The van der Waals surface area contributed by atoms with Crippen molar-refractivity contribution in [2.45, 2.75) is 32.6 Å². The highest BCUT2D eigenvalue weighted by molar-refractivity contribution is 7.13. The SMILES string of the molecule is CCCC1(CNc2nncs2)CC1. The standard InChI is InChI=1S/C9H15N3S/c1-2-3-9(4-5-9)6-10-8-12-11-7-13-8/h7H,2-6H2,1H3,(H,10,12). The molecule has 13 heavy (non-hydrogen) atoms. The van der Waals surface area contributed by atoms with Gasteiger partial charge in [-0.1, -0.05) is 24.7 Å². The molecule has 0 saturated heterocycles. The molecular weight excluding hydrogens is 182 g/mol. The van der Waals surface area contributed by atoms with Gasteiger partial charge in [-0.15, -0.1) is 10.2 Å². The summed E-state index contributed by atoms with van der Waals surface area (Å²) in [5, 5.41) is 12.1. The predicted molar refractivity (Wildman–Crippen MR) is 55.0 cm³/mol. The second-order valence-electron chi connectivity index (χ2n) is 3.85. The van der Waals surface area contributed by atoms with E-state index in [2.05, 4.69) is 22.4 Å². The fraction of sp³-hybridized carbons (Fsp3) is 0.778. The molecule has 0 atom stereocenters. The van der Waals surface area contributed by atoms with E-state index in [1.807, 2.05) is 0 Å². The van der Waals surface area contributed by atoms with Crippen molar-refractivity contribution in [3.05, 3.63) is 5.51 Å². The summed E-state index contributed by atoms with van der Waals surface area (Å²) < 4.78 is 0. The highest BCUT2D eigenvalue weighted by Gasteiger charge is 2.41. The van der Waals surface area contributed by atoms with E-state index >= 15 is 0 Å². The van der Waals surface area contributed by atoms with E-state index in [0.29, 0.717) is 5.41 Å². The zero-order valence-corrected chi connectivity index (χ0v) is 8.73. The minimum atomic E-state index is 0.598. The van der Waals surface area contributed by atoms with Gasteiger partial charge in [0.2, 0.25) is 5.13 Å². The summed E-state index contributed by atoms with van der Waals surface area (Å²) in [6.07, 6.45) is 5.40. The van der Waals surface area contributed by atoms with Crippen molar-refractivity contribution in [1.29, 1.82) is 0 Å². The number of nitrogens with zero attached hydrogens (tertiary/aromatic N) is 2. The topological polar surface area (TPSA) is 37.8 Å². The van der Waals surface area contributed by atoms with Gasteiger partial charge in [0, 0.05) is 6.54 Å². The maximum Gasteiger partial charge on any atom is 0.205 e. The lowest BCUT2D eigenvalue weighted by Gasteiger charge is -2.13. The molecule has 2 rings (SSSR count). The van der Waals surface area contributed by atoms with E-state index in [9.17, 15) is 0 Å². The van der Waals surface area contributed by atoms with Crippen LogP contribution in [-0.2, 0) is 0 Å². The Morgan fingerprint density at radius 1 is 1.62 bits per heavy atom. The lowest BCUT2D eigenvalue weighted by Crippen LogP contribution is -2.14. The Hall–Kier alpha value is -0.640. The Morgan fingerprint density at radius 3 is 3.00 bits per heavy atom. The quantitative estimate of drug-likeness (QED) is 0.788. The van der Waals surface area contributed by atoms with Crippen LogP contribution in [0, 0.1) is 5.41 Å². The molecule has 1 fully saturated rings. The molecule has 1 aliphatic carbocycles. The molecule has 0 spiro atoms. The van der Waals surface area contributed by atoms with E-state index in [0.717, 1.165) is 11.7 Å². The minimum absolute atomic E-state index is 0.598. The molecule has 0 bridgehead atoms. The van der Waals surface area contributed by atoms with E-state index in [4.69, 9.17) is 0 Å². The van der Waals surface area contributed by atoms with Crippen LogP contribution in [0.2, 0.25) is 0 Å². The van der Waals surface area contributed by atoms with Crippen molar-refractivity contribution >= 4 is 16.5 Å². The highest BCUT2D eigenvalue weighted by atomic mass is 32.1. The number of aromatic nitrogens is 2. The first kappa shape index (κ1) is 8.94. The molecule has 1 aliphatic rings. The Labute approximate surface area is 82.6 Å². The first-order chi connectivity index (χ1) is 6.35. The van der Waals surface area contributed by atoms with Crippen LogP contribution in [0.5, 0.6) is 0 Å². The zero-order chi connectivity index (χ0) is 9.15.